The number of halogens is 2. The maximum absolute atomic E-state index is 9.45. The molecular formula is C12H13Cl2N3O2. The molecule has 0 saturated carbocycles. The van der Waals surface area contributed by atoms with Crippen LogP contribution in [0.15, 0.2) is 24.5 Å². The van der Waals surface area contributed by atoms with Crippen LogP contribution in [0.2, 0.25) is 10.0 Å². The summed E-state index contributed by atoms with van der Waals surface area (Å²) in [5.74, 6) is -0.121. The lowest BCUT2D eigenvalue weighted by Crippen LogP contribution is -2.02. The van der Waals surface area contributed by atoms with E-state index in [1.165, 1.54) is 0 Å². The summed E-state index contributed by atoms with van der Waals surface area (Å²) in [6, 6.07) is 3.20. The molecule has 0 spiro atoms. The highest BCUT2D eigenvalue weighted by atomic mass is 35.5. The lowest BCUT2D eigenvalue weighted by atomic mass is 10.3. The lowest BCUT2D eigenvalue weighted by molar-refractivity contribution is 0.269. The molecular weight excluding hydrogens is 289 g/mol. The van der Waals surface area contributed by atoms with Gasteiger partial charge < -0.3 is 15.5 Å². The molecule has 0 atom stereocenters. The third-order valence-corrected chi connectivity index (χ3v) is 3.11. The molecule has 0 aliphatic carbocycles. The molecule has 0 fully saturated rings. The van der Waals surface area contributed by atoms with E-state index < -0.39 is 0 Å². The molecule has 2 rings (SSSR count). The number of aliphatic hydroxyl groups excluding tert-OH is 1. The number of nitrogens with zero attached hydrogens (tertiary/aromatic N) is 2. The van der Waals surface area contributed by atoms with E-state index in [1.807, 2.05) is 6.20 Å². The van der Waals surface area contributed by atoms with Crippen molar-refractivity contribution in [3.05, 3.63) is 40.1 Å². The van der Waals surface area contributed by atoms with Crippen LogP contribution >= 0.6 is 23.2 Å². The number of rotatable bonds is 5. The number of phenolic OH excluding ortho intramolecular Hbond substituents is 1. The fourth-order valence-electron chi connectivity index (χ4n) is 1.59. The van der Waals surface area contributed by atoms with Crippen molar-refractivity contribution in [1.82, 2.24) is 9.78 Å². The molecule has 1 aromatic heterocycles. The van der Waals surface area contributed by atoms with Crippen molar-refractivity contribution in [2.24, 2.45) is 0 Å². The van der Waals surface area contributed by atoms with E-state index in [2.05, 4.69) is 10.4 Å². The summed E-state index contributed by atoms with van der Waals surface area (Å²) in [6.45, 7) is 1.07. The molecule has 2 aromatic rings. The summed E-state index contributed by atoms with van der Waals surface area (Å²) < 4.78 is 1.66. The van der Waals surface area contributed by atoms with Gasteiger partial charge in [-0.2, -0.15) is 5.10 Å². The Morgan fingerprint density at radius 2 is 1.95 bits per heavy atom. The van der Waals surface area contributed by atoms with Gasteiger partial charge in [-0.15, -0.1) is 0 Å². The Labute approximate surface area is 120 Å². The Kier molecular flexibility index (Phi) is 4.52. The van der Waals surface area contributed by atoms with Gasteiger partial charge in [-0.25, -0.2) is 0 Å². The molecule has 19 heavy (non-hydrogen) atoms. The second kappa shape index (κ2) is 6.14. The molecule has 0 unspecified atom stereocenters. The number of hydrogen-bond donors (Lipinski definition) is 3. The average molecular weight is 302 g/mol. The Morgan fingerprint density at radius 3 is 2.58 bits per heavy atom. The highest BCUT2D eigenvalue weighted by molar-refractivity contribution is 6.37. The SMILES string of the molecule is OCCn1cc(CNc2cc(Cl)c(O)c(Cl)c2)cn1. The minimum absolute atomic E-state index is 0.0533. The van der Waals surface area contributed by atoms with E-state index >= 15 is 0 Å². The minimum Gasteiger partial charge on any atom is -0.505 e. The van der Waals surface area contributed by atoms with Crippen LogP contribution in [0.1, 0.15) is 5.56 Å². The fourth-order valence-corrected chi connectivity index (χ4v) is 2.08. The van der Waals surface area contributed by atoms with Crippen molar-refractivity contribution in [3.63, 3.8) is 0 Å². The van der Waals surface area contributed by atoms with Crippen LogP contribution in [0.4, 0.5) is 5.69 Å². The summed E-state index contributed by atoms with van der Waals surface area (Å²) >= 11 is 11.7. The number of phenols is 1. The highest BCUT2D eigenvalue weighted by Gasteiger charge is 2.06. The predicted octanol–water partition coefficient (Wildman–Crippen LogP) is 2.50. The molecule has 3 N–H and O–H groups in total. The van der Waals surface area contributed by atoms with Gasteiger partial charge in [0, 0.05) is 24.0 Å². The van der Waals surface area contributed by atoms with Gasteiger partial charge in [-0.3, -0.25) is 4.68 Å². The van der Waals surface area contributed by atoms with Crippen LogP contribution < -0.4 is 5.32 Å². The van der Waals surface area contributed by atoms with Gasteiger partial charge in [0.15, 0.2) is 5.75 Å². The van der Waals surface area contributed by atoms with Gasteiger partial charge >= 0.3 is 0 Å². The molecule has 1 heterocycles. The molecule has 7 heteroatoms. The van der Waals surface area contributed by atoms with E-state index in [1.54, 1.807) is 23.0 Å². The van der Waals surface area contributed by atoms with Crippen LogP contribution in [0.3, 0.4) is 0 Å². The zero-order chi connectivity index (χ0) is 13.8. The average Bonchev–Trinajstić information content (AvgIpc) is 2.81. The van der Waals surface area contributed by atoms with Crippen LogP contribution in [-0.4, -0.2) is 26.6 Å². The van der Waals surface area contributed by atoms with Gasteiger partial charge in [0.25, 0.3) is 0 Å². The standard InChI is InChI=1S/C12H13Cl2N3O2/c13-10-3-9(4-11(14)12(10)19)15-5-8-6-16-17(7-8)1-2-18/h3-4,6-7,15,18-19H,1-2,5H2. The molecule has 1 aromatic carbocycles. The van der Waals surface area contributed by atoms with Crippen LogP contribution in [-0.2, 0) is 13.1 Å². The minimum atomic E-state index is -0.121. The van der Waals surface area contributed by atoms with E-state index in [0.717, 1.165) is 5.56 Å². The summed E-state index contributed by atoms with van der Waals surface area (Å²) in [5, 5.41) is 25.9. The van der Waals surface area contributed by atoms with Crippen molar-refractivity contribution in [2.75, 3.05) is 11.9 Å². The van der Waals surface area contributed by atoms with Crippen molar-refractivity contribution in [1.29, 1.82) is 0 Å². The Hall–Kier alpha value is -1.43. The molecule has 0 saturated heterocycles. The summed E-state index contributed by atoms with van der Waals surface area (Å²) in [6.07, 6.45) is 3.55. The topological polar surface area (TPSA) is 70.3 Å². The number of nitrogens with one attached hydrogen (secondary N) is 1. The first-order chi connectivity index (χ1) is 9.10. The second-order valence-electron chi connectivity index (χ2n) is 3.98. The van der Waals surface area contributed by atoms with Gasteiger partial charge in [0.05, 0.1) is 29.4 Å². The van der Waals surface area contributed by atoms with Crippen molar-refractivity contribution in [3.8, 4) is 5.75 Å². The van der Waals surface area contributed by atoms with Crippen LogP contribution in [0.5, 0.6) is 5.75 Å². The monoisotopic (exact) mass is 301 g/mol. The Balaban J connectivity index is 2.01. The number of benzene rings is 1. The van der Waals surface area contributed by atoms with E-state index in [-0.39, 0.29) is 22.4 Å². The molecule has 5 nitrogen and oxygen atoms in total. The first-order valence-electron chi connectivity index (χ1n) is 5.64. The summed E-state index contributed by atoms with van der Waals surface area (Å²) in [4.78, 5) is 0. The van der Waals surface area contributed by atoms with E-state index in [4.69, 9.17) is 28.3 Å². The molecule has 102 valence electrons. The lowest BCUT2D eigenvalue weighted by Gasteiger charge is -2.07. The maximum Gasteiger partial charge on any atom is 0.152 e. The number of anilines is 1. The highest BCUT2D eigenvalue weighted by Crippen LogP contribution is 2.34. The van der Waals surface area contributed by atoms with Crippen molar-refractivity contribution >= 4 is 28.9 Å². The second-order valence-corrected chi connectivity index (χ2v) is 4.79. The van der Waals surface area contributed by atoms with Gasteiger partial charge in [0.2, 0.25) is 0 Å². The summed E-state index contributed by atoms with van der Waals surface area (Å²) in [5.41, 5.74) is 1.68. The fraction of sp³-hybridized carbons (Fsp3) is 0.250. The first-order valence-corrected chi connectivity index (χ1v) is 6.40. The quantitative estimate of drug-likeness (QED) is 0.742. The van der Waals surface area contributed by atoms with Crippen LogP contribution in [0, 0.1) is 0 Å². The van der Waals surface area contributed by atoms with E-state index in [0.29, 0.717) is 18.8 Å². The Morgan fingerprint density at radius 1 is 1.26 bits per heavy atom. The Bertz CT molecular complexity index is 549. The predicted molar refractivity (Wildman–Crippen MR) is 74.8 cm³/mol. The molecule has 0 aliphatic rings. The van der Waals surface area contributed by atoms with Crippen molar-refractivity contribution in [2.45, 2.75) is 13.1 Å². The number of aromatic nitrogens is 2. The molecule has 0 aliphatic heterocycles. The zero-order valence-corrected chi connectivity index (χ0v) is 11.5. The third-order valence-electron chi connectivity index (χ3n) is 2.53. The van der Waals surface area contributed by atoms with Gasteiger partial charge in [0.1, 0.15) is 0 Å². The largest absolute Gasteiger partial charge is 0.505 e. The van der Waals surface area contributed by atoms with Crippen molar-refractivity contribution < 1.29 is 10.2 Å². The number of aliphatic hydroxyl groups is 1. The number of aromatic hydroxyl groups is 1. The molecule has 0 amide bonds. The van der Waals surface area contributed by atoms with Gasteiger partial charge in [-0.1, -0.05) is 23.2 Å². The van der Waals surface area contributed by atoms with Gasteiger partial charge in [-0.05, 0) is 12.1 Å². The summed E-state index contributed by atoms with van der Waals surface area (Å²) in [7, 11) is 0. The third kappa shape index (κ3) is 3.53. The number of hydrogen-bond acceptors (Lipinski definition) is 4. The molecule has 0 radical (unpaired) electrons. The zero-order valence-electron chi connectivity index (χ0n) is 9.98. The smallest absolute Gasteiger partial charge is 0.152 e. The molecule has 0 bridgehead atoms. The normalized spacial score (nSPS) is 10.7. The van der Waals surface area contributed by atoms with Crippen LogP contribution in [0.25, 0.3) is 0 Å². The maximum atomic E-state index is 9.45. The first kappa shape index (κ1) is 14.0. The van der Waals surface area contributed by atoms with E-state index in [9.17, 15) is 5.11 Å².